The summed E-state index contributed by atoms with van der Waals surface area (Å²) in [5, 5.41) is 0. The lowest BCUT2D eigenvalue weighted by molar-refractivity contribution is 0.271. The van der Waals surface area contributed by atoms with Gasteiger partial charge in [0, 0.05) is 6.04 Å². The predicted molar refractivity (Wildman–Crippen MR) is 86.0 cm³/mol. The topological polar surface area (TPSA) is 26.0 Å². The zero-order valence-electron chi connectivity index (χ0n) is 12.9. The molecule has 20 heavy (non-hydrogen) atoms. The first-order valence-corrected chi connectivity index (χ1v) is 8.64. The quantitative estimate of drug-likeness (QED) is 0.822. The minimum Gasteiger partial charge on any atom is -0.327 e. The van der Waals surface area contributed by atoms with Gasteiger partial charge in [0.15, 0.2) is 0 Å². The zero-order chi connectivity index (χ0) is 13.9. The molecular formula is C19H29N. The number of hydrogen-bond acceptors (Lipinski definition) is 1. The molecule has 0 spiro atoms. The Bertz CT molecular complexity index is 435. The maximum atomic E-state index is 6.50. The minimum atomic E-state index is 0.379. The van der Waals surface area contributed by atoms with Crippen LogP contribution < -0.4 is 5.73 Å². The Labute approximate surface area is 124 Å². The molecule has 3 unspecified atom stereocenters. The molecule has 3 atom stereocenters. The minimum absolute atomic E-state index is 0.379. The lowest BCUT2D eigenvalue weighted by Crippen LogP contribution is -2.35. The third-order valence-electron chi connectivity index (χ3n) is 5.65. The summed E-state index contributed by atoms with van der Waals surface area (Å²) in [6, 6.07) is 9.55. The van der Waals surface area contributed by atoms with Gasteiger partial charge in [-0.15, -0.1) is 0 Å². The summed E-state index contributed by atoms with van der Waals surface area (Å²) < 4.78 is 0. The Morgan fingerprint density at radius 1 is 1.05 bits per heavy atom. The van der Waals surface area contributed by atoms with Crippen LogP contribution in [0.5, 0.6) is 0 Å². The first kappa shape index (κ1) is 14.1. The van der Waals surface area contributed by atoms with Crippen molar-refractivity contribution in [2.45, 2.75) is 76.2 Å². The van der Waals surface area contributed by atoms with E-state index in [0.717, 1.165) is 11.8 Å². The van der Waals surface area contributed by atoms with Gasteiger partial charge in [0.25, 0.3) is 0 Å². The Morgan fingerprint density at radius 2 is 1.80 bits per heavy atom. The molecule has 3 rings (SSSR count). The third kappa shape index (κ3) is 2.79. The molecule has 1 heteroatoms. The van der Waals surface area contributed by atoms with Crippen molar-refractivity contribution in [2.75, 3.05) is 0 Å². The van der Waals surface area contributed by atoms with Crippen LogP contribution in [0.1, 0.15) is 81.3 Å². The van der Waals surface area contributed by atoms with Crippen molar-refractivity contribution in [3.63, 3.8) is 0 Å². The van der Waals surface area contributed by atoms with Crippen molar-refractivity contribution in [3.8, 4) is 0 Å². The predicted octanol–water partition coefficient (Wildman–Crippen LogP) is 4.97. The number of hydrogen-bond donors (Lipinski definition) is 1. The van der Waals surface area contributed by atoms with Gasteiger partial charge in [-0.05, 0) is 61.0 Å². The molecule has 0 amide bonds. The second-order valence-corrected chi connectivity index (χ2v) is 6.99. The van der Waals surface area contributed by atoms with Crippen LogP contribution in [0.3, 0.4) is 0 Å². The summed E-state index contributed by atoms with van der Waals surface area (Å²) in [5.74, 6) is 2.33. The molecule has 0 saturated heterocycles. The van der Waals surface area contributed by atoms with Crippen LogP contribution in [0.2, 0.25) is 0 Å². The van der Waals surface area contributed by atoms with E-state index in [4.69, 9.17) is 5.73 Å². The molecule has 1 aromatic carbocycles. The molecule has 0 heterocycles. The fourth-order valence-electron chi connectivity index (χ4n) is 4.25. The van der Waals surface area contributed by atoms with E-state index in [1.54, 1.807) is 11.1 Å². The summed E-state index contributed by atoms with van der Waals surface area (Å²) in [5.41, 5.74) is 9.71. The van der Waals surface area contributed by atoms with E-state index in [1.807, 2.05) is 0 Å². The van der Waals surface area contributed by atoms with Crippen molar-refractivity contribution in [1.29, 1.82) is 0 Å². The maximum Gasteiger partial charge on any atom is 0.0108 e. The second kappa shape index (κ2) is 6.30. The van der Waals surface area contributed by atoms with Crippen LogP contribution in [0, 0.1) is 5.92 Å². The zero-order valence-corrected chi connectivity index (χ0v) is 12.9. The molecular weight excluding hydrogens is 242 g/mol. The van der Waals surface area contributed by atoms with Crippen molar-refractivity contribution >= 4 is 0 Å². The van der Waals surface area contributed by atoms with Gasteiger partial charge in [0.2, 0.25) is 0 Å². The largest absolute Gasteiger partial charge is 0.327 e. The number of nitrogens with two attached hydrogens (primary N) is 1. The lowest BCUT2D eigenvalue weighted by atomic mass is 9.69. The fourth-order valence-corrected chi connectivity index (χ4v) is 4.25. The molecule has 2 fully saturated rings. The van der Waals surface area contributed by atoms with Crippen LogP contribution in [-0.4, -0.2) is 6.04 Å². The van der Waals surface area contributed by atoms with Gasteiger partial charge in [-0.25, -0.2) is 0 Å². The molecule has 0 bridgehead atoms. The van der Waals surface area contributed by atoms with E-state index >= 15 is 0 Å². The average Bonchev–Trinajstić information content (AvgIpc) is 2.40. The molecule has 0 aliphatic heterocycles. The van der Waals surface area contributed by atoms with Crippen molar-refractivity contribution in [1.82, 2.24) is 0 Å². The van der Waals surface area contributed by atoms with Crippen molar-refractivity contribution < 1.29 is 0 Å². The van der Waals surface area contributed by atoms with E-state index in [-0.39, 0.29) is 0 Å². The molecule has 0 radical (unpaired) electrons. The van der Waals surface area contributed by atoms with Crippen LogP contribution in [0.4, 0.5) is 0 Å². The lowest BCUT2D eigenvalue weighted by Gasteiger charge is -2.37. The molecule has 2 N–H and O–H groups in total. The highest BCUT2D eigenvalue weighted by molar-refractivity contribution is 5.35. The Kier molecular flexibility index (Phi) is 4.45. The van der Waals surface area contributed by atoms with E-state index < -0.39 is 0 Å². The smallest absolute Gasteiger partial charge is 0.0108 e. The Hall–Kier alpha value is -0.820. The van der Waals surface area contributed by atoms with Gasteiger partial charge in [-0.1, -0.05) is 50.5 Å². The summed E-state index contributed by atoms with van der Waals surface area (Å²) in [6.07, 6.45) is 10.8. The van der Waals surface area contributed by atoms with Gasteiger partial charge in [0.1, 0.15) is 0 Å². The maximum absolute atomic E-state index is 6.50. The normalized spacial score (nSPS) is 31.0. The summed E-state index contributed by atoms with van der Waals surface area (Å²) in [6.45, 7) is 2.31. The number of rotatable bonds is 4. The van der Waals surface area contributed by atoms with E-state index in [2.05, 4.69) is 31.2 Å². The highest BCUT2D eigenvalue weighted by Gasteiger charge is 2.32. The average molecular weight is 271 g/mol. The van der Waals surface area contributed by atoms with Gasteiger partial charge in [-0.3, -0.25) is 0 Å². The van der Waals surface area contributed by atoms with E-state index in [9.17, 15) is 0 Å². The van der Waals surface area contributed by atoms with Crippen LogP contribution >= 0.6 is 0 Å². The first-order chi connectivity index (χ1) is 9.79. The molecule has 2 aliphatic carbocycles. The van der Waals surface area contributed by atoms with Gasteiger partial charge in [0.05, 0.1) is 0 Å². The summed E-state index contributed by atoms with van der Waals surface area (Å²) >= 11 is 0. The first-order valence-electron chi connectivity index (χ1n) is 8.64. The Morgan fingerprint density at radius 3 is 2.45 bits per heavy atom. The van der Waals surface area contributed by atoms with Crippen molar-refractivity contribution in [3.05, 3.63) is 35.4 Å². The highest BCUT2D eigenvalue weighted by atomic mass is 14.7. The van der Waals surface area contributed by atoms with Gasteiger partial charge in [-0.2, -0.15) is 0 Å². The fraction of sp³-hybridized carbons (Fsp3) is 0.684. The molecule has 1 nitrogen and oxygen atoms in total. The van der Waals surface area contributed by atoms with E-state index in [0.29, 0.717) is 12.0 Å². The van der Waals surface area contributed by atoms with Crippen molar-refractivity contribution in [2.24, 2.45) is 11.7 Å². The van der Waals surface area contributed by atoms with E-state index in [1.165, 1.54) is 51.4 Å². The number of benzene rings is 1. The molecule has 110 valence electrons. The molecule has 2 saturated carbocycles. The summed E-state index contributed by atoms with van der Waals surface area (Å²) in [7, 11) is 0. The monoisotopic (exact) mass is 271 g/mol. The summed E-state index contributed by atoms with van der Waals surface area (Å²) in [4.78, 5) is 0. The van der Waals surface area contributed by atoms with Crippen LogP contribution in [-0.2, 0) is 0 Å². The van der Waals surface area contributed by atoms with Crippen LogP contribution in [0.15, 0.2) is 24.3 Å². The van der Waals surface area contributed by atoms with Gasteiger partial charge < -0.3 is 5.73 Å². The standard InChI is InChI=1S/C19H29N/c1-2-6-14-11-12-19(20)18(13-14)17-10-4-3-9-16(17)15-7-5-8-15/h3-4,9-10,14-15,18-19H,2,5-8,11-13,20H2,1H3. The SMILES string of the molecule is CCCC1CCC(N)C(c2ccccc2C2CCC2)C1. The third-order valence-corrected chi connectivity index (χ3v) is 5.65. The van der Waals surface area contributed by atoms with Crippen LogP contribution in [0.25, 0.3) is 0 Å². The molecule has 2 aliphatic rings. The van der Waals surface area contributed by atoms with Gasteiger partial charge >= 0.3 is 0 Å². The molecule has 0 aromatic heterocycles. The highest BCUT2D eigenvalue weighted by Crippen LogP contribution is 2.44. The molecule has 1 aromatic rings. The Balaban J connectivity index is 1.82. The second-order valence-electron chi connectivity index (χ2n) is 6.99.